The summed E-state index contributed by atoms with van der Waals surface area (Å²) in [5.74, 6) is 1.89. The van der Waals surface area contributed by atoms with Gasteiger partial charge >= 0.3 is 0 Å². The molecule has 3 N–H and O–H groups in total. The van der Waals surface area contributed by atoms with Crippen molar-refractivity contribution in [2.24, 2.45) is 22.7 Å². The maximum absolute atomic E-state index is 11.2. The van der Waals surface area contributed by atoms with Gasteiger partial charge in [-0.2, -0.15) is 0 Å². The van der Waals surface area contributed by atoms with Gasteiger partial charge in [0.05, 0.1) is 5.56 Å². The molecule has 0 radical (unpaired) electrons. The predicted molar refractivity (Wildman–Crippen MR) is 154 cm³/mol. The van der Waals surface area contributed by atoms with Crippen LogP contribution >= 0.6 is 0 Å². The molecule has 2 heterocycles. The largest absolute Gasteiger partial charge is 0.340 e. The zero-order valence-electron chi connectivity index (χ0n) is 23.9. The number of amides is 1. The van der Waals surface area contributed by atoms with E-state index in [-0.39, 0.29) is 5.56 Å². The quantitative estimate of drug-likeness (QED) is 0.122. The second-order valence-electron chi connectivity index (χ2n) is 7.77. The number of allylic oxidation sites excluding steroid dienone is 3. The fraction of sp³-hybridized carbons (Fsp3) is 0.571. The lowest BCUT2D eigenvalue weighted by Crippen LogP contribution is -2.29. The maximum atomic E-state index is 11.2. The minimum absolute atomic E-state index is 0.257. The molecule has 0 spiro atoms. The van der Waals surface area contributed by atoms with Crippen LogP contribution < -0.4 is 15.7 Å². The lowest BCUT2D eigenvalue weighted by atomic mass is 10.2. The highest BCUT2D eigenvalue weighted by Gasteiger charge is 2.55. The zero-order valence-corrected chi connectivity index (χ0v) is 23.9. The second-order valence-corrected chi connectivity index (χ2v) is 7.77. The topological polar surface area (TPSA) is 103 Å². The van der Waals surface area contributed by atoms with Crippen molar-refractivity contribution in [1.29, 1.82) is 0 Å². The number of rotatable bonds is 9. The van der Waals surface area contributed by atoms with E-state index < -0.39 is 11.7 Å². The number of nitrogens with one attached hydrogen (secondary N) is 2. The van der Waals surface area contributed by atoms with Gasteiger partial charge in [0.1, 0.15) is 5.83 Å². The first-order valence-corrected chi connectivity index (χ1v) is 13.2. The molecular formula is C28H49FN6O2. The molecule has 1 aliphatic heterocycles. The van der Waals surface area contributed by atoms with Crippen LogP contribution in [0.2, 0.25) is 0 Å². The molecule has 9 heteroatoms. The van der Waals surface area contributed by atoms with Crippen LogP contribution in [0.3, 0.4) is 0 Å². The van der Waals surface area contributed by atoms with Gasteiger partial charge in [-0.15, -0.1) is 0 Å². The molecular weight excluding hydrogens is 471 g/mol. The molecule has 1 saturated carbocycles. The SMILES string of the molecule is C=C(CC)N=CC.C=CC(=C)F.CC.CC.CCCNCC1C2CN(c3ncc(C(=O)NO)cn3)CC12. The second kappa shape index (κ2) is 22.3. The maximum Gasteiger partial charge on any atom is 0.277 e. The Bertz CT molecular complexity index is 801. The average Bonchev–Trinajstić information content (AvgIpc) is 3.38. The molecule has 0 aromatic carbocycles. The Hall–Kier alpha value is -2.91. The van der Waals surface area contributed by atoms with Gasteiger partial charge in [-0.25, -0.2) is 19.8 Å². The van der Waals surface area contributed by atoms with E-state index in [2.05, 4.69) is 51.8 Å². The van der Waals surface area contributed by atoms with Gasteiger partial charge in [-0.3, -0.25) is 15.0 Å². The number of hydroxylamine groups is 1. The van der Waals surface area contributed by atoms with Crippen molar-refractivity contribution in [3.63, 3.8) is 0 Å². The van der Waals surface area contributed by atoms with Crippen LogP contribution in [0.5, 0.6) is 0 Å². The number of carbonyl (C=O) groups is 1. The van der Waals surface area contributed by atoms with E-state index in [0.29, 0.717) is 5.95 Å². The monoisotopic (exact) mass is 520 g/mol. The first-order valence-electron chi connectivity index (χ1n) is 13.2. The summed E-state index contributed by atoms with van der Waals surface area (Å²) in [5.41, 5.74) is 2.78. The van der Waals surface area contributed by atoms with Gasteiger partial charge in [0.15, 0.2) is 0 Å². The third-order valence-electron chi connectivity index (χ3n) is 5.40. The Morgan fingerprint density at radius 1 is 1.19 bits per heavy atom. The van der Waals surface area contributed by atoms with Gasteiger partial charge < -0.3 is 10.2 Å². The summed E-state index contributed by atoms with van der Waals surface area (Å²) in [6.07, 6.45) is 7.82. The summed E-state index contributed by atoms with van der Waals surface area (Å²) in [6, 6.07) is 0. The summed E-state index contributed by atoms with van der Waals surface area (Å²) in [6.45, 7) is 27.9. The molecule has 1 saturated heterocycles. The van der Waals surface area contributed by atoms with E-state index in [1.807, 2.05) is 41.5 Å². The van der Waals surface area contributed by atoms with Crippen molar-refractivity contribution in [3.8, 4) is 0 Å². The van der Waals surface area contributed by atoms with Gasteiger partial charge in [0.2, 0.25) is 5.95 Å². The van der Waals surface area contributed by atoms with E-state index >= 15 is 0 Å². The first kappa shape index (κ1) is 36.2. The number of aromatic nitrogens is 2. The number of anilines is 1. The molecule has 1 aromatic heterocycles. The van der Waals surface area contributed by atoms with E-state index in [1.54, 1.807) is 11.7 Å². The molecule has 2 fully saturated rings. The van der Waals surface area contributed by atoms with Gasteiger partial charge in [0.25, 0.3) is 5.91 Å². The molecule has 3 rings (SSSR count). The molecule has 2 atom stereocenters. The minimum Gasteiger partial charge on any atom is -0.340 e. The van der Waals surface area contributed by atoms with Crippen LogP contribution in [0.25, 0.3) is 0 Å². The standard InChI is InChI=1S/C14H21N5O2.C6H11N.C4H5F.2C2H6/c1-2-3-15-6-10-11-7-19(8-12(10)11)14-16-4-9(5-17-14)13(20)18-21;1-4-6(3)7-5-2;1-3-4(2)5;2*1-2/h4-5,10-12,15,21H,2-3,6-8H2,1H3,(H,18,20);5H,3-4H2,1-2H3;3H,1-2H2;2*1-2H3. The molecule has 37 heavy (non-hydrogen) atoms. The Kier molecular flexibility index (Phi) is 21.8. The van der Waals surface area contributed by atoms with Crippen LogP contribution in [0, 0.1) is 17.8 Å². The Morgan fingerprint density at radius 3 is 2.05 bits per heavy atom. The molecule has 2 unspecified atom stereocenters. The van der Waals surface area contributed by atoms with E-state index in [4.69, 9.17) is 5.21 Å². The molecule has 8 nitrogen and oxygen atoms in total. The summed E-state index contributed by atoms with van der Waals surface area (Å²) in [5, 5.41) is 12.0. The normalized spacial score (nSPS) is 18.2. The molecule has 1 aliphatic carbocycles. The highest BCUT2D eigenvalue weighted by atomic mass is 19.1. The lowest BCUT2D eigenvalue weighted by molar-refractivity contribution is 0.0705. The van der Waals surface area contributed by atoms with Crippen LogP contribution in [0.15, 0.2) is 54.7 Å². The molecule has 2 aliphatic rings. The van der Waals surface area contributed by atoms with Crippen molar-refractivity contribution in [1.82, 2.24) is 20.8 Å². The number of nitrogens with zero attached hydrogens (tertiary/aromatic N) is 4. The molecule has 210 valence electrons. The van der Waals surface area contributed by atoms with Gasteiger partial charge in [0, 0.05) is 37.4 Å². The van der Waals surface area contributed by atoms with Crippen molar-refractivity contribution in [2.45, 2.75) is 61.3 Å². The fourth-order valence-corrected chi connectivity index (χ4v) is 3.50. The third kappa shape index (κ3) is 14.4. The highest BCUT2D eigenvalue weighted by molar-refractivity contribution is 5.92. The first-order chi connectivity index (χ1) is 17.8. The van der Waals surface area contributed by atoms with Crippen molar-refractivity contribution in [3.05, 3.63) is 55.3 Å². The highest BCUT2D eigenvalue weighted by Crippen LogP contribution is 2.51. The van der Waals surface area contributed by atoms with E-state index in [1.165, 1.54) is 18.8 Å². The number of piperidine rings is 1. The number of fused-ring (bicyclic) bond motifs is 1. The van der Waals surface area contributed by atoms with E-state index in [0.717, 1.165) is 62.1 Å². The summed E-state index contributed by atoms with van der Waals surface area (Å²) in [7, 11) is 0. The predicted octanol–water partition coefficient (Wildman–Crippen LogP) is 5.99. The van der Waals surface area contributed by atoms with E-state index in [9.17, 15) is 9.18 Å². The number of aliphatic imine (C=N–C) groups is 1. The van der Waals surface area contributed by atoms with Crippen LogP contribution in [-0.4, -0.2) is 53.5 Å². The van der Waals surface area contributed by atoms with Crippen LogP contribution in [-0.2, 0) is 0 Å². The smallest absolute Gasteiger partial charge is 0.277 e. The van der Waals surface area contributed by atoms with Crippen molar-refractivity contribution >= 4 is 18.1 Å². The summed E-state index contributed by atoms with van der Waals surface area (Å²) in [4.78, 5) is 25.7. The minimum atomic E-state index is -0.590. The average molecular weight is 521 g/mol. The number of hydrogen-bond acceptors (Lipinski definition) is 7. The Labute approximate surface area is 223 Å². The van der Waals surface area contributed by atoms with Crippen LogP contribution in [0.4, 0.5) is 10.3 Å². The molecule has 1 aromatic rings. The van der Waals surface area contributed by atoms with Gasteiger partial charge in [-0.05, 0) is 56.7 Å². The van der Waals surface area contributed by atoms with Crippen LogP contribution in [0.1, 0.15) is 71.7 Å². The number of hydrogen-bond donors (Lipinski definition) is 3. The van der Waals surface area contributed by atoms with Crippen molar-refractivity contribution < 1.29 is 14.4 Å². The lowest BCUT2D eigenvalue weighted by Gasteiger charge is -2.19. The van der Waals surface area contributed by atoms with Gasteiger partial charge in [-0.1, -0.05) is 61.3 Å². The third-order valence-corrected chi connectivity index (χ3v) is 5.40. The molecule has 1 amide bonds. The summed E-state index contributed by atoms with van der Waals surface area (Å²) < 4.78 is 11.1. The van der Waals surface area contributed by atoms with Crippen molar-refractivity contribution in [2.75, 3.05) is 31.1 Å². The fourth-order valence-electron chi connectivity index (χ4n) is 3.50. The molecule has 0 bridgehead atoms. The number of halogens is 1. The number of carbonyl (C=O) groups excluding carboxylic acids is 1. The Morgan fingerprint density at radius 2 is 1.70 bits per heavy atom. The Balaban J connectivity index is 0. The summed E-state index contributed by atoms with van der Waals surface area (Å²) >= 11 is 0. The zero-order chi connectivity index (χ0) is 28.8.